The molecule has 1 aromatic carbocycles. The fraction of sp³-hybridized carbons (Fsp3) is 0.588. The number of benzene rings is 1. The molecule has 134 valence electrons. The lowest BCUT2D eigenvalue weighted by Crippen LogP contribution is -2.49. The molecule has 7 heteroatoms. The van der Waals surface area contributed by atoms with Crippen molar-refractivity contribution in [2.24, 2.45) is 0 Å². The molecule has 5 nitrogen and oxygen atoms in total. The molecular formula is C17H24F2N2O3. The number of hydrogen-bond donors (Lipinski definition) is 2. The van der Waals surface area contributed by atoms with Crippen LogP contribution in [0.3, 0.4) is 0 Å². The van der Waals surface area contributed by atoms with Crippen LogP contribution in [0.5, 0.6) is 5.75 Å². The summed E-state index contributed by atoms with van der Waals surface area (Å²) in [4.78, 5) is 14.5. The van der Waals surface area contributed by atoms with Crippen molar-refractivity contribution in [3.05, 3.63) is 29.8 Å². The van der Waals surface area contributed by atoms with Gasteiger partial charge in [0.2, 0.25) is 5.91 Å². The standard InChI is InChI=1S/C17H24F2N2O3/c1-2-21-10-4-3-5-14(21)16(23)20-11-15(22)12-6-8-13(9-7-12)24-17(18)19/h6-9,14-15,17,22H,2-5,10-11H2,1H3,(H,20,23). The summed E-state index contributed by atoms with van der Waals surface area (Å²) >= 11 is 0. The topological polar surface area (TPSA) is 61.8 Å². The monoisotopic (exact) mass is 342 g/mol. The van der Waals surface area contributed by atoms with E-state index in [2.05, 4.69) is 15.0 Å². The molecule has 0 saturated carbocycles. The average Bonchev–Trinajstić information content (AvgIpc) is 2.59. The molecule has 1 aliphatic heterocycles. The summed E-state index contributed by atoms with van der Waals surface area (Å²) in [5.41, 5.74) is 0.535. The lowest BCUT2D eigenvalue weighted by atomic mass is 10.0. The molecule has 1 saturated heterocycles. The molecule has 0 spiro atoms. The van der Waals surface area contributed by atoms with Gasteiger partial charge in [0.1, 0.15) is 5.75 Å². The second-order valence-corrected chi connectivity index (χ2v) is 5.85. The Hall–Kier alpha value is -1.73. The number of halogens is 2. The van der Waals surface area contributed by atoms with Gasteiger partial charge >= 0.3 is 6.61 Å². The van der Waals surface area contributed by atoms with E-state index in [4.69, 9.17) is 0 Å². The van der Waals surface area contributed by atoms with Crippen molar-refractivity contribution in [1.29, 1.82) is 0 Å². The second kappa shape index (κ2) is 8.94. The van der Waals surface area contributed by atoms with Gasteiger partial charge in [-0.3, -0.25) is 9.69 Å². The Labute approximate surface area is 140 Å². The van der Waals surface area contributed by atoms with Crippen LogP contribution in [0.2, 0.25) is 0 Å². The predicted octanol–water partition coefficient (Wildman–Crippen LogP) is 2.31. The van der Waals surface area contributed by atoms with Gasteiger partial charge in [-0.15, -0.1) is 0 Å². The highest BCUT2D eigenvalue weighted by Gasteiger charge is 2.27. The molecule has 2 atom stereocenters. The van der Waals surface area contributed by atoms with Crippen molar-refractivity contribution in [2.45, 2.75) is 44.9 Å². The quantitative estimate of drug-likeness (QED) is 0.798. The zero-order chi connectivity index (χ0) is 17.5. The molecule has 0 radical (unpaired) electrons. The Morgan fingerprint density at radius 3 is 2.71 bits per heavy atom. The Morgan fingerprint density at radius 1 is 1.38 bits per heavy atom. The van der Waals surface area contributed by atoms with E-state index in [1.165, 1.54) is 24.3 Å². The van der Waals surface area contributed by atoms with Crippen molar-refractivity contribution in [1.82, 2.24) is 10.2 Å². The molecule has 2 rings (SSSR count). The van der Waals surface area contributed by atoms with Crippen molar-refractivity contribution in [2.75, 3.05) is 19.6 Å². The lowest BCUT2D eigenvalue weighted by molar-refractivity contribution is -0.128. The predicted molar refractivity (Wildman–Crippen MR) is 85.9 cm³/mol. The summed E-state index contributed by atoms with van der Waals surface area (Å²) in [6.45, 7) is 0.984. The number of hydrogen-bond acceptors (Lipinski definition) is 4. The van der Waals surface area contributed by atoms with E-state index in [0.717, 1.165) is 32.4 Å². The zero-order valence-electron chi connectivity index (χ0n) is 13.8. The number of nitrogens with one attached hydrogen (secondary N) is 1. The molecule has 1 amide bonds. The number of likely N-dealkylation sites (N-methyl/N-ethyl adjacent to an activating group) is 1. The summed E-state index contributed by atoms with van der Waals surface area (Å²) in [7, 11) is 0. The van der Waals surface area contributed by atoms with E-state index in [1.54, 1.807) is 0 Å². The maximum Gasteiger partial charge on any atom is 0.387 e. The first-order valence-electron chi connectivity index (χ1n) is 8.26. The molecule has 1 heterocycles. The number of ether oxygens (including phenoxy) is 1. The Balaban J connectivity index is 1.85. The average molecular weight is 342 g/mol. The number of aliphatic hydroxyl groups excluding tert-OH is 1. The highest BCUT2D eigenvalue weighted by Crippen LogP contribution is 2.20. The molecule has 2 N–H and O–H groups in total. The van der Waals surface area contributed by atoms with E-state index in [9.17, 15) is 18.7 Å². The Bertz CT molecular complexity index is 525. The number of aliphatic hydroxyl groups is 1. The minimum absolute atomic E-state index is 0.0331. The summed E-state index contributed by atoms with van der Waals surface area (Å²) in [6, 6.07) is 5.61. The number of amides is 1. The number of carbonyl (C=O) groups is 1. The van der Waals surface area contributed by atoms with E-state index in [1.807, 2.05) is 6.92 Å². The summed E-state index contributed by atoms with van der Waals surface area (Å²) in [5, 5.41) is 12.9. The summed E-state index contributed by atoms with van der Waals surface area (Å²) in [6.07, 6.45) is 2.07. The van der Waals surface area contributed by atoms with Crippen LogP contribution in [-0.2, 0) is 4.79 Å². The van der Waals surface area contributed by atoms with Gasteiger partial charge in [-0.25, -0.2) is 0 Å². The van der Waals surface area contributed by atoms with Gasteiger partial charge in [0.05, 0.1) is 12.1 Å². The van der Waals surface area contributed by atoms with E-state index >= 15 is 0 Å². The third-order valence-corrected chi connectivity index (χ3v) is 4.28. The zero-order valence-corrected chi connectivity index (χ0v) is 13.8. The van der Waals surface area contributed by atoms with Gasteiger partial charge in [0.15, 0.2) is 0 Å². The molecule has 0 bridgehead atoms. The van der Waals surface area contributed by atoms with Crippen LogP contribution in [-0.4, -0.2) is 48.2 Å². The Kier molecular flexibility index (Phi) is 6.93. The highest BCUT2D eigenvalue weighted by molar-refractivity contribution is 5.81. The fourth-order valence-corrected chi connectivity index (χ4v) is 2.97. The van der Waals surface area contributed by atoms with Crippen LogP contribution in [0.25, 0.3) is 0 Å². The number of carbonyl (C=O) groups excluding carboxylic acids is 1. The summed E-state index contributed by atoms with van der Waals surface area (Å²) < 4.78 is 28.5. The van der Waals surface area contributed by atoms with E-state index in [0.29, 0.717) is 5.56 Å². The van der Waals surface area contributed by atoms with Crippen LogP contribution in [0.4, 0.5) is 8.78 Å². The number of likely N-dealkylation sites (tertiary alicyclic amines) is 1. The third-order valence-electron chi connectivity index (χ3n) is 4.28. The van der Waals surface area contributed by atoms with Gasteiger partial charge < -0.3 is 15.2 Å². The molecule has 0 aliphatic carbocycles. The SMILES string of the molecule is CCN1CCCCC1C(=O)NCC(O)c1ccc(OC(F)F)cc1. The second-order valence-electron chi connectivity index (χ2n) is 5.85. The van der Waals surface area contributed by atoms with E-state index in [-0.39, 0.29) is 24.2 Å². The minimum atomic E-state index is -2.88. The molecule has 1 fully saturated rings. The van der Waals surface area contributed by atoms with Gasteiger partial charge in [-0.1, -0.05) is 25.5 Å². The van der Waals surface area contributed by atoms with Crippen LogP contribution in [0, 0.1) is 0 Å². The van der Waals surface area contributed by atoms with Gasteiger partial charge in [0.25, 0.3) is 0 Å². The Morgan fingerprint density at radius 2 is 2.08 bits per heavy atom. The van der Waals surface area contributed by atoms with Crippen LogP contribution in [0.15, 0.2) is 24.3 Å². The van der Waals surface area contributed by atoms with Crippen molar-refractivity contribution in [3.63, 3.8) is 0 Å². The van der Waals surface area contributed by atoms with Crippen LogP contribution in [0.1, 0.15) is 37.9 Å². The molecule has 2 unspecified atom stereocenters. The van der Waals surface area contributed by atoms with Gasteiger partial charge in [-0.2, -0.15) is 8.78 Å². The first kappa shape index (κ1) is 18.6. The third kappa shape index (κ3) is 5.14. The van der Waals surface area contributed by atoms with Crippen molar-refractivity contribution in [3.8, 4) is 5.75 Å². The molecule has 1 aliphatic rings. The molecule has 24 heavy (non-hydrogen) atoms. The summed E-state index contributed by atoms with van der Waals surface area (Å²) in [5.74, 6) is -0.0426. The smallest absolute Gasteiger partial charge is 0.387 e. The van der Waals surface area contributed by atoms with Crippen LogP contribution >= 0.6 is 0 Å². The largest absolute Gasteiger partial charge is 0.435 e. The van der Waals surface area contributed by atoms with Crippen molar-refractivity contribution >= 4 is 5.91 Å². The number of alkyl halides is 2. The minimum Gasteiger partial charge on any atom is -0.435 e. The highest BCUT2D eigenvalue weighted by atomic mass is 19.3. The first-order valence-corrected chi connectivity index (χ1v) is 8.26. The van der Waals surface area contributed by atoms with Gasteiger partial charge in [-0.05, 0) is 43.6 Å². The van der Waals surface area contributed by atoms with Crippen LogP contribution < -0.4 is 10.1 Å². The van der Waals surface area contributed by atoms with Gasteiger partial charge in [0, 0.05) is 6.54 Å². The maximum absolute atomic E-state index is 12.3. The lowest BCUT2D eigenvalue weighted by Gasteiger charge is -2.33. The fourth-order valence-electron chi connectivity index (χ4n) is 2.97. The first-order chi connectivity index (χ1) is 11.5. The maximum atomic E-state index is 12.3. The molecular weight excluding hydrogens is 318 g/mol. The normalized spacial score (nSPS) is 20.0. The van der Waals surface area contributed by atoms with Crippen molar-refractivity contribution < 1.29 is 23.4 Å². The van der Waals surface area contributed by atoms with E-state index < -0.39 is 12.7 Å². The number of rotatable bonds is 7. The molecule has 0 aromatic heterocycles. The molecule has 1 aromatic rings. The number of nitrogens with zero attached hydrogens (tertiary/aromatic N) is 1. The number of piperidine rings is 1.